The minimum absolute atomic E-state index is 0.684. The molecule has 0 unspecified atom stereocenters. The van der Waals surface area contributed by atoms with Crippen molar-refractivity contribution in [1.82, 2.24) is 9.38 Å². The maximum absolute atomic E-state index is 5.61. The van der Waals surface area contributed by atoms with Gasteiger partial charge in [-0.25, -0.2) is 4.98 Å². The van der Waals surface area contributed by atoms with Crippen LogP contribution in [0, 0.1) is 20.8 Å². The van der Waals surface area contributed by atoms with E-state index >= 15 is 0 Å². The first-order valence-corrected chi connectivity index (χ1v) is 9.02. The Morgan fingerprint density at radius 2 is 1.88 bits per heavy atom. The number of aryl methyl sites for hydroxylation is 3. The molecule has 2 aromatic carbocycles. The van der Waals surface area contributed by atoms with Crippen molar-refractivity contribution in [3.05, 3.63) is 53.2 Å². The van der Waals surface area contributed by atoms with Gasteiger partial charge in [-0.1, -0.05) is 23.5 Å². The van der Waals surface area contributed by atoms with Crippen molar-refractivity contribution in [2.24, 2.45) is 0 Å². The van der Waals surface area contributed by atoms with Gasteiger partial charge in [-0.2, -0.15) is 0 Å². The van der Waals surface area contributed by atoms with Crippen molar-refractivity contribution in [2.75, 3.05) is 6.61 Å². The molecule has 0 saturated heterocycles. The number of aromatic nitrogens is 2. The summed E-state index contributed by atoms with van der Waals surface area (Å²) >= 11 is 1.71. The Hall–Kier alpha value is -2.33. The number of imidazole rings is 1. The van der Waals surface area contributed by atoms with Crippen LogP contribution in [0.25, 0.3) is 26.4 Å². The molecule has 0 N–H and O–H groups in total. The highest BCUT2D eigenvalue weighted by Crippen LogP contribution is 2.34. The molecule has 0 atom stereocenters. The smallest absolute Gasteiger partial charge is 0.195 e. The highest BCUT2D eigenvalue weighted by Gasteiger charge is 2.16. The zero-order chi connectivity index (χ0) is 16.8. The number of hydrogen-bond acceptors (Lipinski definition) is 3. The van der Waals surface area contributed by atoms with Crippen molar-refractivity contribution >= 4 is 26.5 Å². The van der Waals surface area contributed by atoms with E-state index in [-0.39, 0.29) is 0 Å². The van der Waals surface area contributed by atoms with Crippen LogP contribution in [0.5, 0.6) is 5.75 Å². The summed E-state index contributed by atoms with van der Waals surface area (Å²) in [5.74, 6) is 0.918. The Balaban J connectivity index is 1.90. The Bertz CT molecular complexity index is 1060. The Labute approximate surface area is 145 Å². The zero-order valence-electron chi connectivity index (χ0n) is 14.4. The average Bonchev–Trinajstić information content (AvgIpc) is 3.07. The number of hydrogen-bond donors (Lipinski definition) is 0. The van der Waals surface area contributed by atoms with Gasteiger partial charge < -0.3 is 4.74 Å². The molecular formula is C20H20N2OS. The quantitative estimate of drug-likeness (QED) is 0.491. The molecule has 122 valence electrons. The fraction of sp³-hybridized carbons (Fsp3) is 0.250. The summed E-state index contributed by atoms with van der Waals surface area (Å²) in [5.41, 5.74) is 7.24. The van der Waals surface area contributed by atoms with E-state index in [0.717, 1.165) is 16.4 Å². The molecule has 4 heteroatoms. The lowest BCUT2D eigenvalue weighted by Gasteiger charge is -2.05. The van der Waals surface area contributed by atoms with Crippen LogP contribution in [0.3, 0.4) is 0 Å². The first-order valence-electron chi connectivity index (χ1n) is 8.20. The number of ether oxygens (including phenoxy) is 1. The second-order valence-corrected chi connectivity index (χ2v) is 7.14. The van der Waals surface area contributed by atoms with Crippen LogP contribution >= 0.6 is 11.3 Å². The number of nitrogens with zero attached hydrogens (tertiary/aromatic N) is 2. The normalized spacial score (nSPS) is 11.5. The van der Waals surface area contributed by atoms with E-state index in [9.17, 15) is 0 Å². The third-order valence-corrected chi connectivity index (χ3v) is 5.54. The van der Waals surface area contributed by atoms with Gasteiger partial charge in [-0.15, -0.1) is 0 Å². The van der Waals surface area contributed by atoms with Gasteiger partial charge in [-0.05, 0) is 63.1 Å². The third-order valence-electron chi connectivity index (χ3n) is 4.54. The van der Waals surface area contributed by atoms with Gasteiger partial charge in [0.15, 0.2) is 4.96 Å². The SMILES string of the molecule is CCOc1ccc2c(c1)sc1nc(-c3ccc(C)c(C)c3)c(C)n12. The van der Waals surface area contributed by atoms with Gasteiger partial charge in [0.05, 0.1) is 22.5 Å². The Morgan fingerprint density at radius 1 is 1.04 bits per heavy atom. The highest BCUT2D eigenvalue weighted by molar-refractivity contribution is 7.23. The molecule has 0 fully saturated rings. The summed E-state index contributed by atoms with van der Waals surface area (Å²) in [6, 6.07) is 12.8. The van der Waals surface area contributed by atoms with Crippen LogP contribution in [-0.2, 0) is 0 Å². The summed E-state index contributed by atoms with van der Waals surface area (Å²) in [6.07, 6.45) is 0. The molecule has 0 aliphatic rings. The van der Waals surface area contributed by atoms with Crippen molar-refractivity contribution in [3.63, 3.8) is 0 Å². The molecule has 2 heterocycles. The van der Waals surface area contributed by atoms with E-state index in [1.807, 2.05) is 13.0 Å². The number of rotatable bonds is 3. The molecule has 0 aliphatic heterocycles. The Kier molecular flexibility index (Phi) is 3.57. The van der Waals surface area contributed by atoms with E-state index in [0.29, 0.717) is 6.61 Å². The molecule has 0 radical (unpaired) electrons. The van der Waals surface area contributed by atoms with E-state index in [1.165, 1.54) is 32.6 Å². The molecule has 0 aliphatic carbocycles. The van der Waals surface area contributed by atoms with Crippen LogP contribution in [0.4, 0.5) is 0 Å². The molecule has 0 spiro atoms. The molecule has 4 rings (SSSR count). The molecule has 24 heavy (non-hydrogen) atoms. The average molecular weight is 336 g/mol. The molecule has 4 aromatic rings. The molecule has 3 nitrogen and oxygen atoms in total. The second kappa shape index (κ2) is 5.64. The minimum atomic E-state index is 0.684. The zero-order valence-corrected chi connectivity index (χ0v) is 15.2. The van der Waals surface area contributed by atoms with E-state index in [1.54, 1.807) is 11.3 Å². The lowest BCUT2D eigenvalue weighted by Crippen LogP contribution is -1.91. The molecule has 0 amide bonds. The summed E-state index contributed by atoms with van der Waals surface area (Å²) in [7, 11) is 0. The molecular weight excluding hydrogens is 316 g/mol. The third kappa shape index (κ3) is 2.29. The number of thiazole rings is 1. The highest BCUT2D eigenvalue weighted by atomic mass is 32.1. The predicted molar refractivity (Wildman–Crippen MR) is 101 cm³/mol. The van der Waals surface area contributed by atoms with Gasteiger partial charge >= 0.3 is 0 Å². The largest absolute Gasteiger partial charge is 0.494 e. The first kappa shape index (κ1) is 15.2. The summed E-state index contributed by atoms with van der Waals surface area (Å²) in [6.45, 7) is 9.13. The second-order valence-electron chi connectivity index (χ2n) is 6.13. The maximum Gasteiger partial charge on any atom is 0.195 e. The van der Waals surface area contributed by atoms with Gasteiger partial charge in [-0.3, -0.25) is 4.40 Å². The molecule has 0 bridgehead atoms. The van der Waals surface area contributed by atoms with E-state index < -0.39 is 0 Å². The number of benzene rings is 2. The van der Waals surface area contributed by atoms with Gasteiger partial charge in [0.25, 0.3) is 0 Å². The van der Waals surface area contributed by atoms with Crippen LogP contribution in [0.2, 0.25) is 0 Å². The van der Waals surface area contributed by atoms with Crippen molar-refractivity contribution in [2.45, 2.75) is 27.7 Å². The standard InChI is InChI=1S/C20H20N2OS/c1-5-23-16-8-9-17-18(11-16)24-20-21-19(14(4)22(17)20)15-7-6-12(2)13(3)10-15/h6-11H,5H2,1-4H3. The fourth-order valence-electron chi connectivity index (χ4n) is 3.11. The molecule has 2 aromatic heterocycles. The van der Waals surface area contributed by atoms with Crippen molar-refractivity contribution in [1.29, 1.82) is 0 Å². The number of fused-ring (bicyclic) bond motifs is 3. The van der Waals surface area contributed by atoms with Crippen LogP contribution in [-0.4, -0.2) is 16.0 Å². The fourth-order valence-corrected chi connectivity index (χ4v) is 4.21. The topological polar surface area (TPSA) is 26.5 Å². The summed E-state index contributed by atoms with van der Waals surface area (Å²) < 4.78 is 9.07. The van der Waals surface area contributed by atoms with Crippen molar-refractivity contribution in [3.8, 4) is 17.0 Å². The van der Waals surface area contributed by atoms with E-state index in [2.05, 4.69) is 55.5 Å². The minimum Gasteiger partial charge on any atom is -0.494 e. The van der Waals surface area contributed by atoms with Gasteiger partial charge in [0.1, 0.15) is 5.75 Å². The van der Waals surface area contributed by atoms with Gasteiger partial charge in [0, 0.05) is 11.3 Å². The monoisotopic (exact) mass is 336 g/mol. The van der Waals surface area contributed by atoms with Crippen molar-refractivity contribution < 1.29 is 4.74 Å². The lowest BCUT2D eigenvalue weighted by molar-refractivity contribution is 0.341. The van der Waals surface area contributed by atoms with Crippen LogP contribution in [0.1, 0.15) is 23.7 Å². The first-order chi connectivity index (χ1) is 11.6. The van der Waals surface area contributed by atoms with Crippen LogP contribution < -0.4 is 4.74 Å². The predicted octanol–water partition coefficient (Wildman–Crippen LogP) is 5.54. The van der Waals surface area contributed by atoms with Gasteiger partial charge in [0.2, 0.25) is 0 Å². The molecule has 0 saturated carbocycles. The van der Waals surface area contributed by atoms with E-state index in [4.69, 9.17) is 9.72 Å². The Morgan fingerprint density at radius 3 is 2.62 bits per heavy atom. The maximum atomic E-state index is 5.61. The summed E-state index contributed by atoms with van der Waals surface area (Å²) in [4.78, 5) is 5.94. The lowest BCUT2D eigenvalue weighted by atomic mass is 10.0. The summed E-state index contributed by atoms with van der Waals surface area (Å²) in [5, 5.41) is 0. The van der Waals surface area contributed by atoms with Crippen LogP contribution in [0.15, 0.2) is 36.4 Å².